The molecular weight excluding hydrogens is 224 g/mol. The minimum Gasteiger partial charge on any atom is -0.383 e. The van der Waals surface area contributed by atoms with Crippen LogP contribution in [0.5, 0.6) is 0 Å². The van der Waals surface area contributed by atoms with Crippen LogP contribution in [0, 0.1) is 0 Å². The van der Waals surface area contributed by atoms with Crippen LogP contribution in [-0.2, 0) is 11.3 Å². The molecule has 1 heterocycles. The molecule has 0 aromatic heterocycles. The van der Waals surface area contributed by atoms with Crippen molar-refractivity contribution in [3.05, 3.63) is 35.4 Å². The van der Waals surface area contributed by atoms with Crippen LogP contribution >= 0.6 is 0 Å². The van der Waals surface area contributed by atoms with Crippen molar-refractivity contribution in [3.8, 4) is 0 Å². The number of nitrogens with zero attached hydrogens (tertiary/aromatic N) is 1. The van der Waals surface area contributed by atoms with Crippen molar-refractivity contribution < 1.29 is 4.74 Å². The van der Waals surface area contributed by atoms with Crippen LogP contribution in [0.2, 0.25) is 0 Å². The lowest BCUT2D eigenvalue weighted by Crippen LogP contribution is -2.38. The fraction of sp³-hybridized carbons (Fsp3) is 0.600. The summed E-state index contributed by atoms with van der Waals surface area (Å²) in [6.07, 6.45) is 0. The van der Waals surface area contributed by atoms with E-state index in [1.54, 1.807) is 7.11 Å². The molecule has 0 radical (unpaired) electrons. The molecule has 100 valence electrons. The fourth-order valence-corrected chi connectivity index (χ4v) is 2.66. The third-order valence-electron chi connectivity index (χ3n) is 3.74. The molecule has 0 saturated heterocycles. The summed E-state index contributed by atoms with van der Waals surface area (Å²) in [5.41, 5.74) is 2.98. The van der Waals surface area contributed by atoms with E-state index < -0.39 is 0 Å². The van der Waals surface area contributed by atoms with Gasteiger partial charge in [0.05, 0.1) is 6.61 Å². The summed E-state index contributed by atoms with van der Waals surface area (Å²) in [5.74, 6) is 0.603. The Morgan fingerprint density at radius 2 is 2.22 bits per heavy atom. The van der Waals surface area contributed by atoms with E-state index in [4.69, 9.17) is 4.74 Å². The predicted molar refractivity (Wildman–Crippen MR) is 74.9 cm³/mol. The molecule has 0 saturated carbocycles. The van der Waals surface area contributed by atoms with Crippen LogP contribution in [0.15, 0.2) is 24.3 Å². The zero-order valence-corrected chi connectivity index (χ0v) is 11.5. The van der Waals surface area contributed by atoms with E-state index in [1.807, 2.05) is 0 Å². The van der Waals surface area contributed by atoms with Gasteiger partial charge in [0.1, 0.15) is 0 Å². The van der Waals surface area contributed by atoms with Crippen LogP contribution in [0.3, 0.4) is 0 Å². The Morgan fingerprint density at radius 1 is 1.39 bits per heavy atom. The molecule has 1 aliphatic rings. The molecule has 1 unspecified atom stereocenters. The third-order valence-corrected chi connectivity index (χ3v) is 3.74. The number of ether oxygens (including phenoxy) is 1. The highest BCUT2D eigenvalue weighted by molar-refractivity contribution is 5.32. The summed E-state index contributed by atoms with van der Waals surface area (Å²) in [6.45, 7) is 8.35. The van der Waals surface area contributed by atoms with Crippen LogP contribution < -0.4 is 5.32 Å². The number of hydrogen-bond acceptors (Lipinski definition) is 3. The van der Waals surface area contributed by atoms with Crippen molar-refractivity contribution in [2.45, 2.75) is 19.4 Å². The topological polar surface area (TPSA) is 24.5 Å². The smallest absolute Gasteiger partial charge is 0.0589 e. The molecule has 1 aliphatic heterocycles. The number of fused-ring (bicyclic) bond motifs is 1. The van der Waals surface area contributed by atoms with Crippen LogP contribution in [0.25, 0.3) is 0 Å². The van der Waals surface area contributed by atoms with Gasteiger partial charge < -0.3 is 15.0 Å². The molecule has 3 heteroatoms. The molecule has 2 rings (SSSR count). The molecule has 1 N–H and O–H groups in total. The van der Waals surface area contributed by atoms with E-state index in [9.17, 15) is 0 Å². The maximum atomic E-state index is 5.18. The number of benzene rings is 1. The predicted octanol–water partition coefficient (Wildman–Crippen LogP) is 1.84. The SMILES string of the molecule is CCN(CCOC)CC1CNCc2ccccc21. The van der Waals surface area contributed by atoms with E-state index in [2.05, 4.69) is 41.4 Å². The first kappa shape index (κ1) is 13.5. The molecule has 0 aliphatic carbocycles. The van der Waals surface area contributed by atoms with E-state index in [0.717, 1.165) is 39.3 Å². The van der Waals surface area contributed by atoms with Gasteiger partial charge in [-0.05, 0) is 17.7 Å². The van der Waals surface area contributed by atoms with Gasteiger partial charge in [0.2, 0.25) is 0 Å². The highest BCUT2D eigenvalue weighted by Gasteiger charge is 2.21. The first-order valence-electron chi connectivity index (χ1n) is 6.85. The minimum atomic E-state index is 0.603. The molecule has 1 aromatic carbocycles. The second-order valence-corrected chi connectivity index (χ2v) is 4.91. The third kappa shape index (κ3) is 3.31. The summed E-state index contributed by atoms with van der Waals surface area (Å²) in [6, 6.07) is 8.80. The lowest BCUT2D eigenvalue weighted by Gasteiger charge is -2.31. The molecule has 18 heavy (non-hydrogen) atoms. The molecule has 0 amide bonds. The highest BCUT2D eigenvalue weighted by atomic mass is 16.5. The van der Waals surface area contributed by atoms with E-state index >= 15 is 0 Å². The summed E-state index contributed by atoms with van der Waals surface area (Å²) < 4.78 is 5.18. The summed E-state index contributed by atoms with van der Waals surface area (Å²) in [5, 5.41) is 3.52. The van der Waals surface area contributed by atoms with Crippen molar-refractivity contribution in [3.63, 3.8) is 0 Å². The Morgan fingerprint density at radius 3 is 3.00 bits per heavy atom. The van der Waals surface area contributed by atoms with Gasteiger partial charge in [-0.3, -0.25) is 0 Å². The minimum absolute atomic E-state index is 0.603. The first-order chi connectivity index (χ1) is 8.85. The van der Waals surface area contributed by atoms with Gasteiger partial charge in [0, 0.05) is 39.2 Å². The van der Waals surface area contributed by atoms with Crippen LogP contribution in [-0.4, -0.2) is 44.8 Å². The van der Waals surface area contributed by atoms with Crippen LogP contribution in [0.1, 0.15) is 24.0 Å². The first-order valence-corrected chi connectivity index (χ1v) is 6.85. The molecule has 0 fully saturated rings. The van der Waals surface area contributed by atoms with Gasteiger partial charge in [-0.15, -0.1) is 0 Å². The molecule has 0 spiro atoms. The Bertz CT molecular complexity index is 367. The molecule has 1 aromatic rings. The van der Waals surface area contributed by atoms with Crippen molar-refractivity contribution in [2.75, 3.05) is 39.9 Å². The summed E-state index contributed by atoms with van der Waals surface area (Å²) in [7, 11) is 1.77. The average molecular weight is 248 g/mol. The maximum Gasteiger partial charge on any atom is 0.0589 e. The molecular formula is C15H24N2O. The standard InChI is InChI=1S/C15H24N2O/c1-3-17(8-9-18-2)12-14-11-16-10-13-6-4-5-7-15(13)14/h4-7,14,16H,3,8-12H2,1-2H3. The highest BCUT2D eigenvalue weighted by Crippen LogP contribution is 2.24. The fourth-order valence-electron chi connectivity index (χ4n) is 2.66. The van der Waals surface area contributed by atoms with Crippen molar-refractivity contribution in [1.29, 1.82) is 0 Å². The van der Waals surface area contributed by atoms with Gasteiger partial charge >= 0.3 is 0 Å². The molecule has 1 atom stereocenters. The van der Waals surface area contributed by atoms with Gasteiger partial charge in [0.25, 0.3) is 0 Å². The van der Waals surface area contributed by atoms with Crippen LogP contribution in [0.4, 0.5) is 0 Å². The van der Waals surface area contributed by atoms with Gasteiger partial charge in [-0.1, -0.05) is 31.2 Å². The number of likely N-dealkylation sites (N-methyl/N-ethyl adjacent to an activating group) is 1. The Kier molecular flexibility index (Phi) is 5.17. The van der Waals surface area contributed by atoms with E-state index in [1.165, 1.54) is 11.1 Å². The van der Waals surface area contributed by atoms with Crippen molar-refractivity contribution in [1.82, 2.24) is 10.2 Å². The van der Waals surface area contributed by atoms with E-state index in [0.29, 0.717) is 5.92 Å². The van der Waals surface area contributed by atoms with Gasteiger partial charge in [-0.25, -0.2) is 0 Å². The Labute approximate surface area is 110 Å². The monoisotopic (exact) mass is 248 g/mol. The van der Waals surface area contributed by atoms with Crippen molar-refractivity contribution >= 4 is 0 Å². The second kappa shape index (κ2) is 6.88. The number of methoxy groups -OCH3 is 1. The summed E-state index contributed by atoms with van der Waals surface area (Å²) >= 11 is 0. The normalized spacial score (nSPS) is 18.9. The lowest BCUT2D eigenvalue weighted by atomic mass is 9.90. The Balaban J connectivity index is 2.01. The number of rotatable bonds is 6. The van der Waals surface area contributed by atoms with E-state index in [-0.39, 0.29) is 0 Å². The van der Waals surface area contributed by atoms with Crippen molar-refractivity contribution in [2.24, 2.45) is 0 Å². The largest absolute Gasteiger partial charge is 0.383 e. The number of hydrogen-bond donors (Lipinski definition) is 1. The zero-order chi connectivity index (χ0) is 12.8. The summed E-state index contributed by atoms with van der Waals surface area (Å²) in [4.78, 5) is 2.47. The Hall–Kier alpha value is -0.900. The van der Waals surface area contributed by atoms with Gasteiger partial charge in [0.15, 0.2) is 0 Å². The molecule has 3 nitrogen and oxygen atoms in total. The average Bonchev–Trinajstić information content (AvgIpc) is 2.43. The molecule has 0 bridgehead atoms. The second-order valence-electron chi connectivity index (χ2n) is 4.91. The van der Waals surface area contributed by atoms with Gasteiger partial charge in [-0.2, -0.15) is 0 Å². The maximum absolute atomic E-state index is 5.18. The lowest BCUT2D eigenvalue weighted by molar-refractivity contribution is 0.146. The quantitative estimate of drug-likeness (QED) is 0.831. The number of nitrogens with one attached hydrogen (secondary N) is 1. The zero-order valence-electron chi connectivity index (χ0n) is 11.5.